The van der Waals surface area contributed by atoms with Crippen LogP contribution < -0.4 is 4.74 Å². The number of benzene rings is 1. The standard InChI is InChI=1S/C16H28.C7H4ClFO3/c1-2-3-7-14-10-12-16(13-11-14)15-8-5-4-6-9-15;8-5-3-4(12-7(10)11)1-2-6(5)9/h2,14-16H,1,3-13H2;1-3H,(H,10,11)/t14-,16-;. The summed E-state index contributed by atoms with van der Waals surface area (Å²) in [4.78, 5) is 10.0. The molecule has 0 spiro atoms. The number of allylic oxidation sites excluding steroid dienone is 1. The van der Waals surface area contributed by atoms with E-state index in [0.29, 0.717) is 0 Å². The third-order valence-corrected chi connectivity index (χ3v) is 6.37. The quantitative estimate of drug-likeness (QED) is 0.305. The molecule has 5 heteroatoms. The van der Waals surface area contributed by atoms with Crippen molar-refractivity contribution in [3.05, 3.63) is 41.7 Å². The molecule has 3 nitrogen and oxygen atoms in total. The molecule has 28 heavy (non-hydrogen) atoms. The van der Waals surface area contributed by atoms with Crippen LogP contribution in [-0.4, -0.2) is 11.3 Å². The lowest BCUT2D eigenvalue weighted by molar-refractivity contribution is 0.144. The summed E-state index contributed by atoms with van der Waals surface area (Å²) in [5.41, 5.74) is 0. The molecule has 2 aliphatic rings. The SMILES string of the molecule is C=CCC[C@H]1CC[C@H](C2CCCCC2)CC1.O=C(O)Oc1ccc(F)c(Cl)c1. The molecule has 0 amide bonds. The summed E-state index contributed by atoms with van der Waals surface area (Å²) < 4.78 is 16.7. The van der Waals surface area contributed by atoms with E-state index < -0.39 is 12.0 Å². The number of halogens is 2. The molecule has 2 fully saturated rings. The Morgan fingerprint density at radius 2 is 1.79 bits per heavy atom. The Balaban J connectivity index is 0.000000209. The van der Waals surface area contributed by atoms with Gasteiger partial charge in [-0.05, 0) is 55.6 Å². The molecule has 0 aromatic heterocycles. The van der Waals surface area contributed by atoms with Crippen molar-refractivity contribution in [1.29, 1.82) is 0 Å². The average Bonchev–Trinajstić information content (AvgIpc) is 2.70. The third kappa shape index (κ3) is 7.83. The van der Waals surface area contributed by atoms with Crippen LogP contribution in [0.25, 0.3) is 0 Å². The van der Waals surface area contributed by atoms with Crippen LogP contribution in [0.15, 0.2) is 30.9 Å². The average molecular weight is 411 g/mol. The van der Waals surface area contributed by atoms with Gasteiger partial charge in [0, 0.05) is 6.07 Å². The number of rotatable bonds is 5. The van der Waals surface area contributed by atoms with E-state index in [0.717, 1.165) is 29.9 Å². The summed E-state index contributed by atoms with van der Waals surface area (Å²) in [6, 6.07) is 3.29. The monoisotopic (exact) mass is 410 g/mol. The van der Waals surface area contributed by atoms with Gasteiger partial charge < -0.3 is 9.84 Å². The van der Waals surface area contributed by atoms with Crippen LogP contribution in [0.3, 0.4) is 0 Å². The van der Waals surface area contributed by atoms with Crippen LogP contribution in [-0.2, 0) is 0 Å². The highest BCUT2D eigenvalue weighted by Crippen LogP contribution is 2.40. The minimum absolute atomic E-state index is 0.00565. The first kappa shape index (κ1) is 22.7. The van der Waals surface area contributed by atoms with Gasteiger partial charge in [-0.25, -0.2) is 9.18 Å². The maximum absolute atomic E-state index is 12.5. The van der Waals surface area contributed by atoms with Crippen molar-refractivity contribution in [3.63, 3.8) is 0 Å². The van der Waals surface area contributed by atoms with Crippen molar-refractivity contribution in [2.75, 3.05) is 0 Å². The Hall–Kier alpha value is -1.55. The Morgan fingerprint density at radius 1 is 1.14 bits per heavy atom. The minimum Gasteiger partial charge on any atom is -0.449 e. The molecule has 0 bridgehead atoms. The van der Waals surface area contributed by atoms with Crippen LogP contribution in [0.5, 0.6) is 5.75 Å². The van der Waals surface area contributed by atoms with E-state index in [4.69, 9.17) is 16.7 Å². The second-order valence-corrected chi connectivity index (χ2v) is 8.40. The van der Waals surface area contributed by atoms with Crippen molar-refractivity contribution in [2.24, 2.45) is 17.8 Å². The molecular formula is C23H32ClFO3. The summed E-state index contributed by atoms with van der Waals surface area (Å²) in [6.07, 6.45) is 17.0. The van der Waals surface area contributed by atoms with Crippen LogP contribution in [0.2, 0.25) is 5.02 Å². The van der Waals surface area contributed by atoms with Crippen molar-refractivity contribution < 1.29 is 19.0 Å². The maximum Gasteiger partial charge on any atom is 0.511 e. The van der Waals surface area contributed by atoms with Gasteiger partial charge in [-0.3, -0.25) is 0 Å². The van der Waals surface area contributed by atoms with Crippen LogP contribution in [0.1, 0.15) is 70.6 Å². The van der Waals surface area contributed by atoms with Gasteiger partial charge in [0.05, 0.1) is 5.02 Å². The van der Waals surface area contributed by atoms with Gasteiger partial charge in [-0.2, -0.15) is 0 Å². The zero-order valence-electron chi connectivity index (χ0n) is 16.5. The first-order valence-electron chi connectivity index (χ1n) is 10.5. The number of hydrogen-bond donors (Lipinski definition) is 1. The summed E-state index contributed by atoms with van der Waals surface area (Å²) in [5, 5.41) is 8.00. The first-order valence-corrected chi connectivity index (χ1v) is 10.8. The summed E-state index contributed by atoms with van der Waals surface area (Å²) in [6.45, 7) is 3.83. The predicted molar refractivity (Wildman–Crippen MR) is 112 cm³/mol. The summed E-state index contributed by atoms with van der Waals surface area (Å²) >= 11 is 5.35. The maximum atomic E-state index is 12.5. The van der Waals surface area contributed by atoms with Crippen LogP contribution in [0.4, 0.5) is 9.18 Å². The summed E-state index contributed by atoms with van der Waals surface area (Å²) in [5.74, 6) is 2.61. The smallest absolute Gasteiger partial charge is 0.449 e. The second kappa shape index (κ2) is 12.1. The van der Waals surface area contributed by atoms with Gasteiger partial charge in [-0.1, -0.05) is 62.6 Å². The van der Waals surface area contributed by atoms with Gasteiger partial charge in [0.25, 0.3) is 0 Å². The van der Waals surface area contributed by atoms with E-state index in [2.05, 4.69) is 17.4 Å². The Kier molecular flexibility index (Phi) is 9.83. The Labute approximate surface area is 172 Å². The van der Waals surface area contributed by atoms with Crippen LogP contribution >= 0.6 is 11.6 Å². The number of hydrogen-bond acceptors (Lipinski definition) is 2. The molecule has 2 saturated carbocycles. The lowest BCUT2D eigenvalue weighted by Gasteiger charge is -2.35. The molecule has 1 aromatic carbocycles. The fourth-order valence-electron chi connectivity index (χ4n) is 4.55. The topological polar surface area (TPSA) is 46.5 Å². The van der Waals surface area contributed by atoms with E-state index in [-0.39, 0.29) is 10.8 Å². The number of carboxylic acid groups (broad SMARTS) is 1. The fourth-order valence-corrected chi connectivity index (χ4v) is 4.72. The highest BCUT2D eigenvalue weighted by atomic mass is 35.5. The molecule has 1 aromatic rings. The fraction of sp³-hybridized carbons (Fsp3) is 0.609. The molecule has 2 aliphatic carbocycles. The molecule has 0 unspecified atom stereocenters. The second-order valence-electron chi connectivity index (χ2n) is 7.99. The molecule has 0 atom stereocenters. The Morgan fingerprint density at radius 3 is 2.36 bits per heavy atom. The third-order valence-electron chi connectivity index (χ3n) is 6.08. The van der Waals surface area contributed by atoms with Gasteiger partial charge in [0.1, 0.15) is 11.6 Å². The molecule has 0 aliphatic heterocycles. The number of carbonyl (C=O) groups is 1. The van der Waals surface area contributed by atoms with Gasteiger partial charge in [0.2, 0.25) is 0 Å². The molecule has 0 saturated heterocycles. The van der Waals surface area contributed by atoms with Crippen molar-refractivity contribution in [2.45, 2.75) is 70.6 Å². The predicted octanol–water partition coefficient (Wildman–Crippen LogP) is 7.88. The Bertz CT molecular complexity index is 620. The molecule has 0 heterocycles. The van der Waals surface area contributed by atoms with E-state index in [1.54, 1.807) is 12.8 Å². The molecular weight excluding hydrogens is 379 g/mol. The molecule has 156 valence electrons. The first-order chi connectivity index (χ1) is 13.5. The van der Waals surface area contributed by atoms with Crippen molar-refractivity contribution >= 4 is 17.8 Å². The number of ether oxygens (including phenoxy) is 1. The largest absolute Gasteiger partial charge is 0.511 e. The zero-order valence-corrected chi connectivity index (χ0v) is 17.3. The molecule has 0 radical (unpaired) electrons. The van der Waals surface area contributed by atoms with Crippen molar-refractivity contribution in [3.8, 4) is 5.75 Å². The minimum atomic E-state index is -1.46. The van der Waals surface area contributed by atoms with Crippen LogP contribution in [0, 0.1) is 23.6 Å². The van der Waals surface area contributed by atoms with E-state index in [9.17, 15) is 9.18 Å². The highest BCUT2D eigenvalue weighted by Gasteiger charge is 2.27. The summed E-state index contributed by atoms with van der Waals surface area (Å²) in [7, 11) is 0. The lowest BCUT2D eigenvalue weighted by atomic mass is 9.70. The van der Waals surface area contributed by atoms with Crippen molar-refractivity contribution in [1.82, 2.24) is 0 Å². The van der Waals surface area contributed by atoms with E-state index in [1.165, 1.54) is 63.9 Å². The van der Waals surface area contributed by atoms with E-state index in [1.807, 2.05) is 0 Å². The zero-order chi connectivity index (χ0) is 20.4. The van der Waals surface area contributed by atoms with Gasteiger partial charge in [-0.15, -0.1) is 6.58 Å². The molecule has 1 N–H and O–H groups in total. The highest BCUT2D eigenvalue weighted by molar-refractivity contribution is 6.30. The lowest BCUT2D eigenvalue weighted by Crippen LogP contribution is -2.23. The van der Waals surface area contributed by atoms with Gasteiger partial charge >= 0.3 is 6.16 Å². The van der Waals surface area contributed by atoms with Gasteiger partial charge in [0.15, 0.2) is 0 Å². The van der Waals surface area contributed by atoms with E-state index >= 15 is 0 Å². The molecule has 3 rings (SSSR count). The normalized spacial score (nSPS) is 22.6.